The number of aryl methyl sites for hydroxylation is 1. The lowest BCUT2D eigenvalue weighted by Gasteiger charge is -2.22. The number of carbonyl (C=O) groups is 1. The van der Waals surface area contributed by atoms with Gasteiger partial charge in [0.2, 0.25) is 0 Å². The number of aliphatic carboxylic acids is 1. The van der Waals surface area contributed by atoms with Crippen molar-refractivity contribution in [2.45, 2.75) is 32.5 Å². The van der Waals surface area contributed by atoms with E-state index in [2.05, 4.69) is 4.37 Å². The van der Waals surface area contributed by atoms with Crippen molar-refractivity contribution in [3.63, 3.8) is 0 Å². The molecular formula is C24H20F3N3O5S. The van der Waals surface area contributed by atoms with Gasteiger partial charge in [-0.2, -0.15) is 17.5 Å². The van der Waals surface area contributed by atoms with Gasteiger partial charge in [-0.3, -0.25) is 9.36 Å². The number of benzene rings is 2. The van der Waals surface area contributed by atoms with Crippen LogP contribution in [-0.4, -0.2) is 30.2 Å². The molecule has 0 atom stereocenters. The minimum absolute atomic E-state index is 0.0837. The highest BCUT2D eigenvalue weighted by Gasteiger charge is 2.35. The molecule has 4 aromatic rings. The van der Waals surface area contributed by atoms with Crippen LogP contribution in [0.4, 0.5) is 13.2 Å². The first kappa shape index (κ1) is 25.2. The van der Waals surface area contributed by atoms with Crippen molar-refractivity contribution in [3.05, 3.63) is 74.6 Å². The number of hydrogen-bond donors (Lipinski definition) is 1. The molecule has 0 amide bonds. The number of halogens is 3. The minimum atomic E-state index is -4.86. The topological polar surface area (TPSA) is 103 Å². The lowest BCUT2D eigenvalue weighted by molar-refractivity contribution is -0.152. The number of carboxylic acid groups (broad SMARTS) is 1. The Morgan fingerprint density at radius 2 is 1.78 bits per heavy atom. The van der Waals surface area contributed by atoms with Gasteiger partial charge in [0.25, 0.3) is 5.56 Å². The number of ether oxygens (including phenoxy) is 1. The van der Waals surface area contributed by atoms with Crippen molar-refractivity contribution >= 4 is 27.6 Å². The maximum atomic E-state index is 13.2. The average Bonchev–Trinajstić information content (AvgIpc) is 3.20. The van der Waals surface area contributed by atoms with E-state index in [4.69, 9.17) is 4.74 Å². The van der Waals surface area contributed by atoms with Crippen LogP contribution in [0, 0.1) is 6.92 Å². The van der Waals surface area contributed by atoms with Crippen LogP contribution >= 0.6 is 11.5 Å². The first-order valence-corrected chi connectivity index (χ1v) is 11.3. The Morgan fingerprint density at radius 3 is 2.42 bits per heavy atom. The Labute approximate surface area is 206 Å². The van der Waals surface area contributed by atoms with E-state index in [1.807, 2.05) is 6.92 Å². The zero-order chi connectivity index (χ0) is 26.6. The van der Waals surface area contributed by atoms with E-state index in [1.54, 1.807) is 24.3 Å². The summed E-state index contributed by atoms with van der Waals surface area (Å²) in [6.07, 6.45) is -4.86. The van der Waals surface area contributed by atoms with Crippen molar-refractivity contribution in [2.75, 3.05) is 0 Å². The molecule has 4 rings (SSSR count). The second-order valence-electron chi connectivity index (χ2n) is 8.65. The molecule has 36 heavy (non-hydrogen) atoms. The van der Waals surface area contributed by atoms with E-state index >= 15 is 0 Å². The summed E-state index contributed by atoms with van der Waals surface area (Å²) >= 11 is 1.16. The van der Waals surface area contributed by atoms with E-state index in [-0.39, 0.29) is 5.69 Å². The molecule has 0 fully saturated rings. The molecule has 0 bridgehead atoms. The Morgan fingerprint density at radius 1 is 1.08 bits per heavy atom. The molecule has 0 saturated carbocycles. The monoisotopic (exact) mass is 519 g/mol. The van der Waals surface area contributed by atoms with Crippen LogP contribution < -0.4 is 16.0 Å². The predicted molar refractivity (Wildman–Crippen MR) is 128 cm³/mol. The molecule has 8 nitrogen and oxygen atoms in total. The molecule has 2 heterocycles. The van der Waals surface area contributed by atoms with Gasteiger partial charge in [0, 0.05) is 24.1 Å². The summed E-state index contributed by atoms with van der Waals surface area (Å²) in [5, 5.41) is 9.92. The minimum Gasteiger partial charge on any atom is -0.478 e. The van der Waals surface area contributed by atoms with E-state index < -0.39 is 34.7 Å². The van der Waals surface area contributed by atoms with Gasteiger partial charge < -0.3 is 9.84 Å². The molecule has 1 N–H and O–H groups in total. The number of rotatable bonds is 5. The lowest BCUT2D eigenvalue weighted by atomic mass is 10.0. The first-order valence-electron chi connectivity index (χ1n) is 10.5. The maximum absolute atomic E-state index is 13.2. The molecule has 188 valence electrons. The third-order valence-corrected chi connectivity index (χ3v) is 6.50. The van der Waals surface area contributed by atoms with Crippen molar-refractivity contribution in [3.8, 4) is 22.7 Å². The predicted octanol–water partition coefficient (Wildman–Crippen LogP) is 4.38. The summed E-state index contributed by atoms with van der Waals surface area (Å²) in [6, 6.07) is 10.00. The number of hydrogen-bond acceptors (Lipinski definition) is 6. The summed E-state index contributed by atoms with van der Waals surface area (Å²) in [7, 11) is 0.949. The largest absolute Gasteiger partial charge is 0.478 e. The van der Waals surface area contributed by atoms with Gasteiger partial charge in [0.15, 0.2) is 5.60 Å². The number of nitrogens with zero attached hydrogens (tertiary/aromatic N) is 3. The Bertz CT molecular complexity index is 1630. The lowest BCUT2D eigenvalue weighted by Crippen LogP contribution is -2.40. The van der Waals surface area contributed by atoms with E-state index in [9.17, 15) is 32.7 Å². The standard InChI is InChI=1S/C24H20F3N3O5S/c1-12-5-7-14(35-23(2,3)21(32)33)10-15(12)20-16-9-13(6-8-17(16)36-28-20)30-19(31)11-18(24(25,26)27)29(4)22(30)34/h5-11H,1-4H3,(H,32,33). The normalized spacial score (nSPS) is 12.2. The zero-order valence-corrected chi connectivity index (χ0v) is 20.3. The van der Waals surface area contributed by atoms with Crippen molar-refractivity contribution < 1.29 is 27.8 Å². The van der Waals surface area contributed by atoms with Gasteiger partial charge in [-0.05, 0) is 68.2 Å². The molecule has 0 saturated heterocycles. The number of carboxylic acids is 1. The summed E-state index contributed by atoms with van der Waals surface area (Å²) < 4.78 is 51.5. The average molecular weight is 520 g/mol. The van der Waals surface area contributed by atoms with E-state index in [0.717, 1.165) is 24.1 Å². The third kappa shape index (κ3) is 4.39. The van der Waals surface area contributed by atoms with Crippen LogP contribution in [0.5, 0.6) is 5.75 Å². The van der Waals surface area contributed by atoms with Gasteiger partial charge in [-0.1, -0.05) is 6.07 Å². The van der Waals surface area contributed by atoms with Gasteiger partial charge in [-0.25, -0.2) is 14.2 Å². The summed E-state index contributed by atoms with van der Waals surface area (Å²) in [5.41, 5.74) is -3.07. The Kier molecular flexibility index (Phi) is 6.03. The molecule has 0 spiro atoms. The molecule has 0 radical (unpaired) electrons. The van der Waals surface area contributed by atoms with Crippen molar-refractivity contribution in [1.29, 1.82) is 0 Å². The number of alkyl halides is 3. The summed E-state index contributed by atoms with van der Waals surface area (Å²) in [5.74, 6) is -0.843. The van der Waals surface area contributed by atoms with Crippen molar-refractivity contribution in [2.24, 2.45) is 7.05 Å². The zero-order valence-electron chi connectivity index (χ0n) is 19.5. The molecule has 2 aromatic carbocycles. The molecule has 2 aromatic heterocycles. The highest BCUT2D eigenvalue weighted by Crippen LogP contribution is 2.36. The smallest absolute Gasteiger partial charge is 0.431 e. The maximum Gasteiger partial charge on any atom is 0.431 e. The number of fused-ring (bicyclic) bond motifs is 1. The fourth-order valence-electron chi connectivity index (χ4n) is 3.65. The van der Waals surface area contributed by atoms with Crippen LogP contribution in [0.25, 0.3) is 27.0 Å². The molecule has 0 aliphatic heterocycles. The molecule has 0 aliphatic rings. The second-order valence-corrected chi connectivity index (χ2v) is 9.45. The SMILES string of the molecule is Cc1ccc(OC(C)(C)C(=O)O)cc1-c1nsc2ccc(-n3c(=O)cc(C(F)(F)F)n(C)c3=O)cc12. The van der Waals surface area contributed by atoms with Crippen LogP contribution in [0.2, 0.25) is 0 Å². The quantitative estimate of drug-likeness (QED) is 0.420. The third-order valence-electron chi connectivity index (χ3n) is 5.67. The molecular weight excluding hydrogens is 499 g/mol. The van der Waals surface area contributed by atoms with E-state index in [1.165, 1.54) is 26.0 Å². The highest BCUT2D eigenvalue weighted by molar-refractivity contribution is 7.13. The summed E-state index contributed by atoms with van der Waals surface area (Å²) in [6.45, 7) is 4.66. The fourth-order valence-corrected chi connectivity index (χ4v) is 4.42. The van der Waals surface area contributed by atoms with Crippen LogP contribution in [0.1, 0.15) is 25.1 Å². The molecule has 0 unspecified atom stereocenters. The van der Waals surface area contributed by atoms with Crippen LogP contribution in [0.3, 0.4) is 0 Å². The number of aromatic nitrogens is 3. The van der Waals surface area contributed by atoms with E-state index in [0.29, 0.717) is 42.3 Å². The van der Waals surface area contributed by atoms with Gasteiger partial charge in [0.1, 0.15) is 11.4 Å². The Balaban J connectivity index is 1.87. The van der Waals surface area contributed by atoms with Crippen LogP contribution in [-0.2, 0) is 18.0 Å². The highest BCUT2D eigenvalue weighted by atomic mass is 32.1. The summed E-state index contributed by atoms with van der Waals surface area (Å²) in [4.78, 5) is 36.7. The Hall–Kier alpha value is -3.93. The first-order chi connectivity index (χ1) is 16.7. The molecule has 12 heteroatoms. The van der Waals surface area contributed by atoms with Gasteiger partial charge in [-0.15, -0.1) is 0 Å². The van der Waals surface area contributed by atoms with Crippen LogP contribution in [0.15, 0.2) is 52.1 Å². The van der Waals surface area contributed by atoms with Gasteiger partial charge in [0.05, 0.1) is 16.1 Å². The van der Waals surface area contributed by atoms with Crippen molar-refractivity contribution in [1.82, 2.24) is 13.5 Å². The second kappa shape index (κ2) is 8.63. The van der Waals surface area contributed by atoms with Gasteiger partial charge >= 0.3 is 17.8 Å². The fraction of sp³-hybridized carbons (Fsp3) is 0.250. The molecule has 0 aliphatic carbocycles.